The summed E-state index contributed by atoms with van der Waals surface area (Å²) in [6.45, 7) is 0.995. The van der Waals surface area contributed by atoms with Gasteiger partial charge < -0.3 is 15.4 Å². The molecule has 0 aliphatic carbocycles. The van der Waals surface area contributed by atoms with Crippen LogP contribution >= 0.6 is 11.3 Å². The van der Waals surface area contributed by atoms with Crippen LogP contribution in [0.25, 0.3) is 10.2 Å². The third-order valence-corrected chi connectivity index (χ3v) is 7.30. The summed E-state index contributed by atoms with van der Waals surface area (Å²) in [5.41, 5.74) is 0.731. The molecule has 1 aliphatic heterocycles. The van der Waals surface area contributed by atoms with E-state index >= 15 is 0 Å². The fourth-order valence-corrected chi connectivity index (χ4v) is 5.12. The lowest BCUT2D eigenvalue weighted by Gasteiger charge is -2.33. The average Bonchev–Trinajstić information content (AvgIpc) is 2.95. The molecule has 2 N–H and O–H groups in total. The van der Waals surface area contributed by atoms with Crippen molar-refractivity contribution in [2.45, 2.75) is 17.6 Å². The Hall–Kier alpha value is -1.71. The smallest absolute Gasteiger partial charge is 0.247 e. The summed E-state index contributed by atoms with van der Waals surface area (Å²) in [7, 11) is -1.96. The van der Waals surface area contributed by atoms with Gasteiger partial charge in [0, 0.05) is 6.26 Å². The number of rotatable bonds is 4. The molecule has 1 aromatic carbocycles. The molecule has 1 fully saturated rings. The molecule has 0 bridgehead atoms. The molecular weight excluding hydrogens is 350 g/mol. The normalized spacial score (nSPS) is 17.6. The fraction of sp³-hybridized carbons (Fsp3) is 0.467. The predicted octanol–water partition coefficient (Wildman–Crippen LogP) is 1.41. The first kappa shape index (κ1) is 17.1. The average molecular weight is 369 g/mol. The lowest BCUT2D eigenvalue weighted by molar-refractivity contribution is -0.119. The van der Waals surface area contributed by atoms with E-state index in [0.29, 0.717) is 24.0 Å². The van der Waals surface area contributed by atoms with E-state index in [1.54, 1.807) is 19.2 Å². The zero-order valence-corrected chi connectivity index (χ0v) is 15.1. The van der Waals surface area contributed by atoms with Gasteiger partial charge in [0.2, 0.25) is 5.91 Å². The van der Waals surface area contributed by atoms with Crippen LogP contribution in [-0.2, 0) is 14.6 Å². The molecule has 2 aromatic rings. The number of amides is 1. The summed E-state index contributed by atoms with van der Waals surface area (Å²) >= 11 is 1.29. The highest BCUT2D eigenvalue weighted by Crippen LogP contribution is 2.33. The molecule has 0 spiro atoms. The Morgan fingerprint density at radius 1 is 1.38 bits per heavy atom. The molecule has 130 valence electrons. The van der Waals surface area contributed by atoms with E-state index < -0.39 is 20.5 Å². The highest BCUT2D eigenvalue weighted by atomic mass is 32.2. The lowest BCUT2D eigenvalue weighted by atomic mass is 9.96. The van der Waals surface area contributed by atoms with E-state index in [9.17, 15) is 13.2 Å². The van der Waals surface area contributed by atoms with Gasteiger partial charge >= 0.3 is 0 Å². The van der Waals surface area contributed by atoms with E-state index in [-0.39, 0.29) is 12.8 Å². The first-order valence-corrected chi connectivity index (χ1v) is 10.2. The van der Waals surface area contributed by atoms with Crippen LogP contribution in [0.4, 0.5) is 5.13 Å². The number of aromatic nitrogens is 1. The van der Waals surface area contributed by atoms with E-state index in [0.717, 1.165) is 16.5 Å². The van der Waals surface area contributed by atoms with Crippen LogP contribution in [0.5, 0.6) is 5.75 Å². The molecule has 9 heteroatoms. The van der Waals surface area contributed by atoms with Gasteiger partial charge in [0.1, 0.15) is 5.75 Å². The topological polar surface area (TPSA) is 97.4 Å². The molecule has 24 heavy (non-hydrogen) atoms. The number of sulfone groups is 1. The first-order chi connectivity index (χ1) is 11.4. The summed E-state index contributed by atoms with van der Waals surface area (Å²) in [4.78, 5) is 17.1. The second-order valence-electron chi connectivity index (χ2n) is 5.82. The Kier molecular flexibility index (Phi) is 4.50. The van der Waals surface area contributed by atoms with E-state index in [1.165, 1.54) is 11.3 Å². The van der Waals surface area contributed by atoms with E-state index in [1.807, 2.05) is 6.07 Å². The second-order valence-corrected chi connectivity index (χ2v) is 9.18. The number of fused-ring (bicyclic) bond motifs is 1. The van der Waals surface area contributed by atoms with Crippen LogP contribution in [0, 0.1) is 0 Å². The number of nitrogens with zero attached hydrogens (tertiary/aromatic N) is 1. The van der Waals surface area contributed by atoms with Gasteiger partial charge in [0.05, 0.1) is 17.3 Å². The standard InChI is InChI=1S/C15H19N3O4S2/c1-22-10-3-4-11-12(9-10)23-14(17-11)18-13(19)15(24(2,20)21)5-7-16-8-6-15/h3-4,9,16H,5-8H2,1-2H3,(H,17,18,19). The number of hydrogen-bond acceptors (Lipinski definition) is 7. The van der Waals surface area contributed by atoms with Crippen molar-refractivity contribution in [3.8, 4) is 5.75 Å². The van der Waals surface area contributed by atoms with Gasteiger partial charge in [-0.3, -0.25) is 4.79 Å². The van der Waals surface area contributed by atoms with Crippen LogP contribution in [-0.4, -0.2) is 50.5 Å². The van der Waals surface area contributed by atoms with Crippen LogP contribution in [0.15, 0.2) is 18.2 Å². The number of carbonyl (C=O) groups is 1. The number of carbonyl (C=O) groups excluding carboxylic acids is 1. The van der Waals surface area contributed by atoms with Crippen molar-refractivity contribution >= 4 is 42.4 Å². The molecule has 0 saturated carbocycles. The zero-order chi connectivity index (χ0) is 17.4. The Morgan fingerprint density at radius 2 is 2.08 bits per heavy atom. The van der Waals surface area contributed by atoms with Crippen molar-refractivity contribution in [1.29, 1.82) is 0 Å². The van der Waals surface area contributed by atoms with Gasteiger partial charge in [-0.1, -0.05) is 11.3 Å². The summed E-state index contributed by atoms with van der Waals surface area (Å²) in [6, 6.07) is 5.43. The number of hydrogen-bond donors (Lipinski definition) is 2. The monoisotopic (exact) mass is 369 g/mol. The number of piperidine rings is 1. The number of benzene rings is 1. The minimum absolute atomic E-state index is 0.260. The van der Waals surface area contributed by atoms with Gasteiger partial charge in [-0.2, -0.15) is 0 Å². The third-order valence-electron chi connectivity index (χ3n) is 4.35. The molecule has 1 aromatic heterocycles. The van der Waals surface area contributed by atoms with E-state index in [2.05, 4.69) is 15.6 Å². The lowest BCUT2D eigenvalue weighted by Crippen LogP contribution is -2.55. The van der Waals surface area contributed by atoms with Crippen LogP contribution in [0.2, 0.25) is 0 Å². The Labute approximate surface area is 144 Å². The Morgan fingerprint density at radius 3 is 2.71 bits per heavy atom. The molecule has 0 unspecified atom stereocenters. The van der Waals surface area contributed by atoms with Crippen molar-refractivity contribution < 1.29 is 17.9 Å². The van der Waals surface area contributed by atoms with Gasteiger partial charge in [0.25, 0.3) is 0 Å². The minimum Gasteiger partial charge on any atom is -0.497 e. The third kappa shape index (κ3) is 2.99. The van der Waals surface area contributed by atoms with Crippen LogP contribution < -0.4 is 15.4 Å². The van der Waals surface area contributed by atoms with Crippen molar-refractivity contribution in [2.24, 2.45) is 0 Å². The zero-order valence-electron chi connectivity index (χ0n) is 13.5. The summed E-state index contributed by atoms with van der Waals surface area (Å²) < 4.78 is 29.2. The molecule has 1 amide bonds. The molecule has 3 rings (SSSR count). The highest BCUT2D eigenvalue weighted by Gasteiger charge is 2.48. The Balaban J connectivity index is 1.90. The van der Waals surface area contributed by atoms with Gasteiger partial charge in [-0.05, 0) is 44.1 Å². The Bertz CT molecular complexity index is 870. The fourth-order valence-electron chi connectivity index (χ4n) is 2.89. The van der Waals surface area contributed by atoms with Crippen LogP contribution in [0.1, 0.15) is 12.8 Å². The molecular formula is C15H19N3O4S2. The second kappa shape index (κ2) is 6.30. The summed E-state index contributed by atoms with van der Waals surface area (Å²) in [6.07, 6.45) is 1.65. The van der Waals surface area contributed by atoms with Crippen molar-refractivity contribution in [2.75, 3.05) is 31.8 Å². The predicted molar refractivity (Wildman–Crippen MR) is 94.5 cm³/mol. The van der Waals surface area contributed by atoms with Crippen molar-refractivity contribution in [3.05, 3.63) is 18.2 Å². The highest BCUT2D eigenvalue weighted by molar-refractivity contribution is 7.92. The quantitative estimate of drug-likeness (QED) is 0.846. The van der Waals surface area contributed by atoms with Crippen LogP contribution in [0.3, 0.4) is 0 Å². The molecule has 0 atom stereocenters. The van der Waals surface area contributed by atoms with E-state index in [4.69, 9.17) is 4.74 Å². The number of anilines is 1. The number of ether oxygens (including phenoxy) is 1. The largest absolute Gasteiger partial charge is 0.497 e. The van der Waals surface area contributed by atoms with Crippen molar-refractivity contribution in [1.82, 2.24) is 10.3 Å². The molecule has 1 saturated heterocycles. The first-order valence-electron chi connectivity index (χ1n) is 7.52. The molecule has 0 radical (unpaired) electrons. The molecule has 1 aliphatic rings. The summed E-state index contributed by atoms with van der Waals surface area (Å²) in [5, 5.41) is 6.19. The van der Waals surface area contributed by atoms with Crippen molar-refractivity contribution in [3.63, 3.8) is 0 Å². The summed E-state index contributed by atoms with van der Waals surface area (Å²) in [5.74, 6) is 0.201. The number of methoxy groups -OCH3 is 1. The van der Waals surface area contributed by atoms with Gasteiger partial charge in [0.15, 0.2) is 19.7 Å². The molecule has 2 heterocycles. The maximum atomic E-state index is 12.8. The number of thiazole rings is 1. The molecule has 7 nitrogen and oxygen atoms in total. The van der Waals surface area contributed by atoms with Gasteiger partial charge in [-0.25, -0.2) is 13.4 Å². The SMILES string of the molecule is COc1ccc2nc(NC(=O)C3(S(C)(=O)=O)CCNCC3)sc2c1. The minimum atomic E-state index is -3.54. The maximum absolute atomic E-state index is 12.8. The maximum Gasteiger partial charge on any atom is 0.247 e. The number of nitrogens with one attached hydrogen (secondary N) is 2. The van der Waals surface area contributed by atoms with Gasteiger partial charge in [-0.15, -0.1) is 0 Å².